The Bertz CT molecular complexity index is 1070. The van der Waals surface area contributed by atoms with Crippen molar-refractivity contribution in [3.8, 4) is 0 Å². The predicted molar refractivity (Wildman–Crippen MR) is 94.8 cm³/mol. The Kier molecular flexibility index (Phi) is 3.54. The van der Waals surface area contributed by atoms with Crippen LogP contribution in [-0.4, -0.2) is 20.2 Å². The van der Waals surface area contributed by atoms with Gasteiger partial charge in [-0.1, -0.05) is 48.0 Å². The number of hydrogen-bond donors (Lipinski definition) is 0. The van der Waals surface area contributed by atoms with E-state index in [-0.39, 0.29) is 5.78 Å². The molecule has 2 aromatic carbocycles. The average Bonchev–Trinajstić information content (AvgIpc) is 3.00. The molecule has 0 atom stereocenters. The summed E-state index contributed by atoms with van der Waals surface area (Å²) in [6.45, 7) is 1.57. The summed E-state index contributed by atoms with van der Waals surface area (Å²) in [7, 11) is 0. The highest BCUT2D eigenvalue weighted by Crippen LogP contribution is 2.24. The Hall–Kier alpha value is -2.72. The summed E-state index contributed by atoms with van der Waals surface area (Å²) in [6, 6.07) is 15.5. The number of benzene rings is 2. The lowest BCUT2D eigenvalue weighted by atomic mass is 10.1. The summed E-state index contributed by atoms with van der Waals surface area (Å²) in [5.41, 5.74) is 5.33. The van der Waals surface area contributed by atoms with Gasteiger partial charge in [0.2, 0.25) is 0 Å². The standard InChI is InChI=1S/C19H14ClN3O/c1-12(24)14-8-6-13(7-9-14)10-15-11-21-19-18(20)22-16-4-2-3-5-17(16)23(15)19/h2-9,11H,10H2,1H3. The van der Waals surface area contributed by atoms with E-state index in [4.69, 9.17) is 11.6 Å². The van der Waals surface area contributed by atoms with E-state index in [1.165, 1.54) is 0 Å². The first-order valence-corrected chi connectivity index (χ1v) is 8.02. The Labute approximate surface area is 143 Å². The predicted octanol–water partition coefficient (Wildman–Crippen LogP) is 4.33. The molecule has 0 fully saturated rings. The topological polar surface area (TPSA) is 47.3 Å². The van der Waals surface area contributed by atoms with Gasteiger partial charge in [-0.25, -0.2) is 9.97 Å². The van der Waals surface area contributed by atoms with Crippen LogP contribution in [0.25, 0.3) is 16.7 Å². The van der Waals surface area contributed by atoms with Crippen molar-refractivity contribution in [2.75, 3.05) is 0 Å². The maximum Gasteiger partial charge on any atom is 0.175 e. The second-order valence-corrected chi connectivity index (χ2v) is 6.09. The summed E-state index contributed by atoms with van der Waals surface area (Å²) in [4.78, 5) is 20.2. The van der Waals surface area contributed by atoms with Gasteiger partial charge >= 0.3 is 0 Å². The smallest absolute Gasteiger partial charge is 0.175 e. The molecule has 0 aliphatic carbocycles. The van der Waals surface area contributed by atoms with Crippen molar-refractivity contribution >= 4 is 34.1 Å². The summed E-state index contributed by atoms with van der Waals surface area (Å²) < 4.78 is 2.05. The zero-order valence-electron chi connectivity index (χ0n) is 13.0. The molecule has 2 heterocycles. The monoisotopic (exact) mass is 335 g/mol. The number of halogens is 1. The molecule has 0 bridgehead atoms. The van der Waals surface area contributed by atoms with E-state index in [1.807, 2.05) is 59.1 Å². The van der Waals surface area contributed by atoms with Crippen LogP contribution in [0.4, 0.5) is 0 Å². The molecule has 4 nitrogen and oxygen atoms in total. The molecule has 2 aromatic heterocycles. The van der Waals surface area contributed by atoms with Crippen LogP contribution >= 0.6 is 11.6 Å². The molecule has 0 aliphatic heterocycles. The number of aromatic nitrogens is 3. The third kappa shape index (κ3) is 2.45. The van der Waals surface area contributed by atoms with Gasteiger partial charge in [0.25, 0.3) is 0 Å². The van der Waals surface area contributed by atoms with Crippen LogP contribution in [-0.2, 0) is 6.42 Å². The minimum absolute atomic E-state index is 0.0696. The number of para-hydroxylation sites is 2. The molecule has 0 radical (unpaired) electrons. The number of carbonyl (C=O) groups excluding carboxylic acids is 1. The van der Waals surface area contributed by atoms with E-state index in [1.54, 1.807) is 6.92 Å². The second kappa shape index (κ2) is 5.73. The quantitative estimate of drug-likeness (QED) is 0.523. The van der Waals surface area contributed by atoms with Crippen molar-refractivity contribution in [2.24, 2.45) is 0 Å². The normalized spacial score (nSPS) is 11.2. The molecule has 0 saturated heterocycles. The summed E-state index contributed by atoms with van der Waals surface area (Å²) >= 11 is 6.28. The summed E-state index contributed by atoms with van der Waals surface area (Å²) in [5.74, 6) is 0.0696. The fraction of sp³-hybridized carbons (Fsp3) is 0.105. The summed E-state index contributed by atoms with van der Waals surface area (Å²) in [5, 5.41) is 0.395. The van der Waals surface area contributed by atoms with E-state index in [0.29, 0.717) is 17.2 Å². The fourth-order valence-corrected chi connectivity index (χ4v) is 3.12. The van der Waals surface area contributed by atoms with Gasteiger partial charge in [-0.2, -0.15) is 0 Å². The van der Waals surface area contributed by atoms with Gasteiger partial charge in [-0.15, -0.1) is 0 Å². The van der Waals surface area contributed by atoms with Crippen LogP contribution in [0.1, 0.15) is 28.5 Å². The number of fused-ring (bicyclic) bond motifs is 3. The van der Waals surface area contributed by atoms with Gasteiger partial charge in [0.05, 0.1) is 11.0 Å². The Morgan fingerprint density at radius 1 is 1.12 bits per heavy atom. The van der Waals surface area contributed by atoms with Gasteiger partial charge in [0.15, 0.2) is 16.6 Å². The zero-order valence-corrected chi connectivity index (χ0v) is 13.8. The van der Waals surface area contributed by atoms with Crippen LogP contribution in [0, 0.1) is 0 Å². The van der Waals surface area contributed by atoms with Crippen LogP contribution in [0.3, 0.4) is 0 Å². The first kappa shape index (κ1) is 14.8. The van der Waals surface area contributed by atoms with E-state index in [0.717, 1.165) is 27.9 Å². The Balaban J connectivity index is 1.83. The number of nitrogens with zero attached hydrogens (tertiary/aromatic N) is 3. The Morgan fingerprint density at radius 2 is 1.88 bits per heavy atom. The SMILES string of the molecule is CC(=O)c1ccc(Cc2cnc3c(Cl)nc4ccccc4n23)cc1. The molecule has 0 spiro atoms. The van der Waals surface area contributed by atoms with E-state index in [9.17, 15) is 4.79 Å². The Morgan fingerprint density at radius 3 is 2.62 bits per heavy atom. The highest BCUT2D eigenvalue weighted by molar-refractivity contribution is 6.32. The molecule has 4 aromatic rings. The molecule has 0 amide bonds. The first-order valence-electron chi connectivity index (χ1n) is 7.64. The number of carbonyl (C=O) groups is 1. The van der Waals surface area contributed by atoms with Crippen molar-refractivity contribution in [2.45, 2.75) is 13.3 Å². The fourth-order valence-electron chi connectivity index (χ4n) is 2.90. The summed E-state index contributed by atoms with van der Waals surface area (Å²) in [6.07, 6.45) is 2.53. The molecule has 118 valence electrons. The maximum atomic E-state index is 11.4. The largest absolute Gasteiger partial charge is 0.295 e. The number of hydrogen-bond acceptors (Lipinski definition) is 3. The average molecular weight is 336 g/mol. The lowest BCUT2D eigenvalue weighted by molar-refractivity contribution is 0.101. The van der Waals surface area contributed by atoms with E-state index >= 15 is 0 Å². The molecule has 5 heteroatoms. The van der Waals surface area contributed by atoms with Crippen molar-refractivity contribution in [3.05, 3.63) is 76.7 Å². The zero-order chi connectivity index (χ0) is 16.7. The van der Waals surface area contributed by atoms with Crippen LogP contribution < -0.4 is 0 Å². The van der Waals surface area contributed by atoms with Crippen LogP contribution in [0.15, 0.2) is 54.7 Å². The molecular formula is C19H14ClN3O. The number of imidazole rings is 1. The van der Waals surface area contributed by atoms with Crippen molar-refractivity contribution in [3.63, 3.8) is 0 Å². The molecule has 4 rings (SSSR count). The lowest BCUT2D eigenvalue weighted by Crippen LogP contribution is -1.99. The van der Waals surface area contributed by atoms with Crippen molar-refractivity contribution < 1.29 is 4.79 Å². The van der Waals surface area contributed by atoms with Crippen molar-refractivity contribution in [1.82, 2.24) is 14.4 Å². The highest BCUT2D eigenvalue weighted by Gasteiger charge is 2.12. The lowest BCUT2D eigenvalue weighted by Gasteiger charge is -2.07. The highest BCUT2D eigenvalue weighted by atomic mass is 35.5. The number of rotatable bonds is 3. The van der Waals surface area contributed by atoms with Crippen molar-refractivity contribution in [1.29, 1.82) is 0 Å². The third-order valence-electron chi connectivity index (χ3n) is 4.11. The van der Waals surface area contributed by atoms with Gasteiger partial charge in [0.1, 0.15) is 0 Å². The minimum atomic E-state index is 0.0696. The second-order valence-electron chi connectivity index (χ2n) is 5.73. The van der Waals surface area contributed by atoms with E-state index < -0.39 is 0 Å². The molecule has 0 unspecified atom stereocenters. The van der Waals surface area contributed by atoms with E-state index in [2.05, 4.69) is 9.97 Å². The number of Topliss-reactive ketones (excluding diaryl/α,β-unsaturated/α-hetero) is 1. The van der Waals surface area contributed by atoms with Crippen LogP contribution in [0.5, 0.6) is 0 Å². The molecule has 0 N–H and O–H groups in total. The third-order valence-corrected chi connectivity index (χ3v) is 4.36. The van der Waals surface area contributed by atoms with Gasteiger partial charge in [0, 0.05) is 23.9 Å². The maximum absolute atomic E-state index is 11.4. The van der Waals surface area contributed by atoms with Crippen LogP contribution in [0.2, 0.25) is 5.15 Å². The molecule has 0 saturated carbocycles. The van der Waals surface area contributed by atoms with Gasteiger partial charge in [-0.05, 0) is 24.6 Å². The molecular weight excluding hydrogens is 322 g/mol. The minimum Gasteiger partial charge on any atom is -0.295 e. The van der Waals surface area contributed by atoms with Gasteiger partial charge < -0.3 is 0 Å². The number of ketones is 1. The molecule has 0 aliphatic rings. The first-order chi connectivity index (χ1) is 11.6. The van der Waals surface area contributed by atoms with Gasteiger partial charge in [-0.3, -0.25) is 9.20 Å². The molecule has 24 heavy (non-hydrogen) atoms.